The summed E-state index contributed by atoms with van der Waals surface area (Å²) in [5.41, 5.74) is 7.19. The maximum atomic E-state index is 12.3. The lowest BCUT2D eigenvalue weighted by atomic mass is 10.00. The molecule has 2 atom stereocenters. The number of hydrogen-bond acceptors (Lipinski definition) is 3. The third kappa shape index (κ3) is 3.81. The molecule has 0 spiro atoms. The summed E-state index contributed by atoms with van der Waals surface area (Å²) in [5.74, 6) is 0.120. The standard InChI is InChI=1S/C16H24N2O2/c17-15(13-6-2-1-3-7-13)9-10-16(20)18-11-5-4-8-14(18)12-19/h1-3,6-7,14-15,19H,4-5,8-12,17H2. The second-order valence-electron chi connectivity index (χ2n) is 5.48. The molecule has 4 heteroatoms. The molecule has 0 aliphatic carbocycles. The summed E-state index contributed by atoms with van der Waals surface area (Å²) >= 11 is 0. The monoisotopic (exact) mass is 276 g/mol. The molecule has 1 aromatic rings. The minimum atomic E-state index is -0.0995. The van der Waals surface area contributed by atoms with Crippen LogP contribution in [0.2, 0.25) is 0 Å². The number of likely N-dealkylation sites (tertiary alicyclic amines) is 1. The van der Waals surface area contributed by atoms with E-state index in [0.717, 1.165) is 31.4 Å². The molecule has 20 heavy (non-hydrogen) atoms. The van der Waals surface area contributed by atoms with Gasteiger partial charge in [-0.3, -0.25) is 4.79 Å². The molecule has 1 saturated heterocycles. The molecule has 1 aliphatic rings. The Morgan fingerprint density at radius 3 is 2.80 bits per heavy atom. The maximum absolute atomic E-state index is 12.3. The molecule has 1 aromatic carbocycles. The Kier molecular flexibility index (Phi) is 5.56. The number of carbonyl (C=O) groups is 1. The van der Waals surface area contributed by atoms with Gasteiger partial charge in [0.2, 0.25) is 5.91 Å². The van der Waals surface area contributed by atoms with Gasteiger partial charge < -0.3 is 15.7 Å². The molecule has 0 saturated carbocycles. The van der Waals surface area contributed by atoms with Gasteiger partial charge in [0.05, 0.1) is 12.6 Å². The smallest absolute Gasteiger partial charge is 0.222 e. The lowest BCUT2D eigenvalue weighted by Crippen LogP contribution is -2.45. The number of rotatable bonds is 5. The molecule has 1 fully saturated rings. The van der Waals surface area contributed by atoms with Crippen molar-refractivity contribution >= 4 is 5.91 Å². The topological polar surface area (TPSA) is 66.6 Å². The van der Waals surface area contributed by atoms with Crippen LogP contribution >= 0.6 is 0 Å². The van der Waals surface area contributed by atoms with Crippen molar-refractivity contribution in [1.82, 2.24) is 4.90 Å². The van der Waals surface area contributed by atoms with Crippen molar-refractivity contribution in [2.75, 3.05) is 13.2 Å². The van der Waals surface area contributed by atoms with Crippen LogP contribution in [0.15, 0.2) is 30.3 Å². The first-order valence-corrected chi connectivity index (χ1v) is 7.43. The van der Waals surface area contributed by atoms with Gasteiger partial charge in [0.15, 0.2) is 0 Å². The van der Waals surface area contributed by atoms with Crippen molar-refractivity contribution in [3.63, 3.8) is 0 Å². The van der Waals surface area contributed by atoms with Crippen LogP contribution < -0.4 is 5.73 Å². The van der Waals surface area contributed by atoms with E-state index >= 15 is 0 Å². The molecule has 1 amide bonds. The number of hydrogen-bond donors (Lipinski definition) is 2. The van der Waals surface area contributed by atoms with E-state index in [1.807, 2.05) is 35.2 Å². The second kappa shape index (κ2) is 7.41. The largest absolute Gasteiger partial charge is 0.394 e. The zero-order valence-electron chi connectivity index (χ0n) is 11.9. The van der Waals surface area contributed by atoms with Gasteiger partial charge in [0.1, 0.15) is 0 Å². The molecule has 2 rings (SSSR count). The average molecular weight is 276 g/mol. The molecule has 1 aliphatic heterocycles. The first kappa shape index (κ1) is 15.0. The molecule has 1 heterocycles. The molecule has 4 nitrogen and oxygen atoms in total. The van der Waals surface area contributed by atoms with Gasteiger partial charge in [-0.25, -0.2) is 0 Å². The number of benzene rings is 1. The summed E-state index contributed by atoms with van der Waals surface area (Å²) in [6.45, 7) is 0.834. The van der Waals surface area contributed by atoms with Crippen LogP contribution in [0.3, 0.4) is 0 Å². The molecule has 110 valence electrons. The normalized spacial score (nSPS) is 20.7. The first-order valence-electron chi connectivity index (χ1n) is 7.43. The predicted molar refractivity (Wildman–Crippen MR) is 79.0 cm³/mol. The summed E-state index contributed by atoms with van der Waals surface area (Å²) < 4.78 is 0. The van der Waals surface area contributed by atoms with Gasteiger partial charge in [-0.1, -0.05) is 30.3 Å². The van der Waals surface area contributed by atoms with Crippen molar-refractivity contribution in [2.24, 2.45) is 5.73 Å². The highest BCUT2D eigenvalue weighted by molar-refractivity contribution is 5.76. The SMILES string of the molecule is NC(CCC(=O)N1CCCCC1CO)c1ccccc1. The minimum absolute atomic E-state index is 0.00389. The summed E-state index contributed by atoms with van der Waals surface area (Å²) in [7, 11) is 0. The van der Waals surface area contributed by atoms with Crippen molar-refractivity contribution < 1.29 is 9.90 Å². The van der Waals surface area contributed by atoms with E-state index in [1.165, 1.54) is 0 Å². The van der Waals surface area contributed by atoms with Gasteiger partial charge in [-0.2, -0.15) is 0 Å². The highest BCUT2D eigenvalue weighted by Gasteiger charge is 2.25. The molecule has 3 N–H and O–H groups in total. The summed E-state index contributed by atoms with van der Waals surface area (Å²) in [6.07, 6.45) is 4.14. The fraction of sp³-hybridized carbons (Fsp3) is 0.562. The zero-order chi connectivity index (χ0) is 14.4. The first-order chi connectivity index (χ1) is 9.72. The van der Waals surface area contributed by atoms with Gasteiger partial charge in [-0.05, 0) is 31.2 Å². The fourth-order valence-electron chi connectivity index (χ4n) is 2.81. The third-order valence-corrected chi connectivity index (χ3v) is 4.06. The lowest BCUT2D eigenvalue weighted by molar-refractivity contribution is -0.136. The average Bonchev–Trinajstić information content (AvgIpc) is 2.53. The number of nitrogens with two attached hydrogens (primary N) is 1. The molecular weight excluding hydrogens is 252 g/mol. The van der Waals surface area contributed by atoms with Gasteiger partial charge >= 0.3 is 0 Å². The van der Waals surface area contributed by atoms with E-state index < -0.39 is 0 Å². The van der Waals surface area contributed by atoms with E-state index in [1.54, 1.807) is 0 Å². The Bertz CT molecular complexity index is 422. The Morgan fingerprint density at radius 1 is 1.35 bits per heavy atom. The van der Waals surface area contributed by atoms with E-state index in [2.05, 4.69) is 0 Å². The number of nitrogens with zero attached hydrogens (tertiary/aromatic N) is 1. The van der Waals surface area contributed by atoms with Crippen LogP contribution in [-0.4, -0.2) is 35.1 Å². The van der Waals surface area contributed by atoms with E-state index in [-0.39, 0.29) is 24.6 Å². The van der Waals surface area contributed by atoms with Crippen LogP contribution in [-0.2, 0) is 4.79 Å². The predicted octanol–water partition coefficient (Wildman–Crippen LogP) is 1.84. The molecular formula is C16H24N2O2. The number of piperidine rings is 1. The highest BCUT2D eigenvalue weighted by atomic mass is 16.3. The van der Waals surface area contributed by atoms with Gasteiger partial charge in [-0.15, -0.1) is 0 Å². The van der Waals surface area contributed by atoms with E-state index in [4.69, 9.17) is 5.73 Å². The summed E-state index contributed by atoms with van der Waals surface area (Å²) in [4.78, 5) is 14.1. The fourth-order valence-corrected chi connectivity index (χ4v) is 2.81. The number of aliphatic hydroxyl groups excluding tert-OH is 1. The highest BCUT2D eigenvalue weighted by Crippen LogP contribution is 2.20. The maximum Gasteiger partial charge on any atom is 0.222 e. The van der Waals surface area contributed by atoms with Crippen molar-refractivity contribution in [3.05, 3.63) is 35.9 Å². The summed E-state index contributed by atoms with van der Waals surface area (Å²) in [6, 6.07) is 9.77. The number of amides is 1. The molecule has 0 bridgehead atoms. The Labute approximate surface area is 120 Å². The van der Waals surface area contributed by atoms with Crippen LogP contribution in [0, 0.1) is 0 Å². The molecule has 0 radical (unpaired) electrons. The van der Waals surface area contributed by atoms with E-state index in [9.17, 15) is 9.90 Å². The number of aliphatic hydroxyl groups is 1. The molecule has 0 aromatic heterocycles. The van der Waals surface area contributed by atoms with Crippen LogP contribution in [0.25, 0.3) is 0 Å². The van der Waals surface area contributed by atoms with E-state index in [0.29, 0.717) is 12.8 Å². The quantitative estimate of drug-likeness (QED) is 0.862. The minimum Gasteiger partial charge on any atom is -0.394 e. The van der Waals surface area contributed by atoms with Crippen molar-refractivity contribution in [2.45, 2.75) is 44.2 Å². The number of carbonyl (C=O) groups excluding carboxylic acids is 1. The van der Waals surface area contributed by atoms with Gasteiger partial charge in [0, 0.05) is 19.0 Å². The van der Waals surface area contributed by atoms with Crippen molar-refractivity contribution in [1.29, 1.82) is 0 Å². The van der Waals surface area contributed by atoms with Crippen LogP contribution in [0.4, 0.5) is 0 Å². The Balaban J connectivity index is 1.85. The van der Waals surface area contributed by atoms with Crippen LogP contribution in [0.1, 0.15) is 43.7 Å². The molecule has 2 unspecified atom stereocenters. The van der Waals surface area contributed by atoms with Crippen molar-refractivity contribution in [3.8, 4) is 0 Å². The Hall–Kier alpha value is -1.39. The third-order valence-electron chi connectivity index (χ3n) is 4.06. The Morgan fingerprint density at radius 2 is 2.10 bits per heavy atom. The zero-order valence-corrected chi connectivity index (χ0v) is 11.9. The second-order valence-corrected chi connectivity index (χ2v) is 5.48. The lowest BCUT2D eigenvalue weighted by Gasteiger charge is -2.35. The van der Waals surface area contributed by atoms with Crippen LogP contribution in [0.5, 0.6) is 0 Å². The summed E-state index contributed by atoms with van der Waals surface area (Å²) in [5, 5.41) is 9.35. The van der Waals surface area contributed by atoms with Gasteiger partial charge in [0.25, 0.3) is 0 Å².